The molecule has 0 unspecified atom stereocenters. The van der Waals surface area contributed by atoms with E-state index < -0.39 is 11.7 Å². The molecule has 0 bridgehead atoms. The number of esters is 1. The number of halogens is 1. The smallest absolute Gasteiger partial charge is 0.338 e. The first kappa shape index (κ1) is 17.7. The first-order chi connectivity index (χ1) is 11.6. The number of ether oxygens (including phenoxy) is 1. The molecular weight excluding hydrogens is 309 g/mol. The average Bonchev–Trinajstić information content (AvgIpc) is 2.59. The Hall–Kier alpha value is -2.69. The summed E-state index contributed by atoms with van der Waals surface area (Å²) in [6, 6.07) is 11.8. The van der Waals surface area contributed by atoms with Gasteiger partial charge in [-0.1, -0.05) is 25.8 Å². The van der Waals surface area contributed by atoms with Crippen LogP contribution in [0.2, 0.25) is 0 Å². The van der Waals surface area contributed by atoms with Crippen LogP contribution in [0.4, 0.5) is 10.1 Å². The minimum absolute atomic E-state index is 0.231. The summed E-state index contributed by atoms with van der Waals surface area (Å²) in [4.78, 5) is 23.9. The van der Waals surface area contributed by atoms with E-state index in [9.17, 15) is 14.0 Å². The number of unbranched alkanes of at least 4 members (excludes halogenated alkanes) is 2. The first-order valence-corrected chi connectivity index (χ1v) is 7.94. The van der Waals surface area contributed by atoms with Crippen LogP contribution in [-0.2, 0) is 4.74 Å². The van der Waals surface area contributed by atoms with Crippen molar-refractivity contribution >= 4 is 17.6 Å². The molecule has 0 aliphatic heterocycles. The first-order valence-electron chi connectivity index (χ1n) is 7.94. The Balaban J connectivity index is 1.92. The molecule has 0 saturated carbocycles. The van der Waals surface area contributed by atoms with Crippen molar-refractivity contribution in [1.82, 2.24) is 0 Å². The number of rotatable bonds is 7. The van der Waals surface area contributed by atoms with E-state index >= 15 is 0 Å². The van der Waals surface area contributed by atoms with Crippen LogP contribution < -0.4 is 5.32 Å². The van der Waals surface area contributed by atoms with Gasteiger partial charge >= 0.3 is 5.97 Å². The maximum atomic E-state index is 13.1. The van der Waals surface area contributed by atoms with Gasteiger partial charge < -0.3 is 10.1 Å². The van der Waals surface area contributed by atoms with Gasteiger partial charge in [-0.05, 0) is 48.9 Å². The molecule has 0 atom stereocenters. The Kier molecular flexibility index (Phi) is 6.49. The number of anilines is 1. The highest BCUT2D eigenvalue weighted by Crippen LogP contribution is 2.13. The predicted octanol–water partition coefficient (Wildman–Crippen LogP) is 4.43. The maximum Gasteiger partial charge on any atom is 0.338 e. The number of carbonyl (C=O) groups excluding carboxylic acids is 2. The molecule has 0 radical (unpaired) electrons. The van der Waals surface area contributed by atoms with Crippen molar-refractivity contribution in [2.45, 2.75) is 26.2 Å². The van der Waals surface area contributed by atoms with Crippen LogP contribution >= 0.6 is 0 Å². The van der Waals surface area contributed by atoms with Crippen LogP contribution in [0.5, 0.6) is 0 Å². The summed E-state index contributed by atoms with van der Waals surface area (Å²) in [7, 11) is 0. The summed E-state index contributed by atoms with van der Waals surface area (Å²) in [5.74, 6) is -1.26. The molecule has 4 nitrogen and oxygen atoms in total. The van der Waals surface area contributed by atoms with Gasteiger partial charge in [-0.25, -0.2) is 9.18 Å². The third kappa shape index (κ3) is 5.19. The van der Waals surface area contributed by atoms with Crippen molar-refractivity contribution in [3.63, 3.8) is 0 Å². The number of hydrogen-bond donors (Lipinski definition) is 1. The van der Waals surface area contributed by atoms with Crippen molar-refractivity contribution in [2.75, 3.05) is 11.9 Å². The lowest BCUT2D eigenvalue weighted by molar-refractivity contribution is 0.0498. The van der Waals surface area contributed by atoms with Crippen molar-refractivity contribution in [2.24, 2.45) is 0 Å². The number of hydrogen-bond acceptors (Lipinski definition) is 3. The fourth-order valence-electron chi connectivity index (χ4n) is 2.12. The zero-order chi connectivity index (χ0) is 17.4. The van der Waals surface area contributed by atoms with E-state index in [1.54, 1.807) is 24.3 Å². The Morgan fingerprint density at radius 1 is 1.04 bits per heavy atom. The highest BCUT2D eigenvalue weighted by atomic mass is 19.1. The van der Waals surface area contributed by atoms with Gasteiger partial charge in [0.05, 0.1) is 12.2 Å². The molecule has 0 aliphatic carbocycles. The number of benzene rings is 2. The van der Waals surface area contributed by atoms with Crippen LogP contribution in [0.15, 0.2) is 48.5 Å². The lowest BCUT2D eigenvalue weighted by atomic mass is 10.2. The monoisotopic (exact) mass is 329 g/mol. The van der Waals surface area contributed by atoms with Crippen molar-refractivity contribution < 1.29 is 18.7 Å². The van der Waals surface area contributed by atoms with Gasteiger partial charge in [-0.3, -0.25) is 4.79 Å². The molecule has 0 aliphatic rings. The second-order valence-corrected chi connectivity index (χ2v) is 5.38. The highest BCUT2D eigenvalue weighted by molar-refractivity contribution is 6.04. The molecule has 2 aromatic carbocycles. The van der Waals surface area contributed by atoms with Gasteiger partial charge in [-0.15, -0.1) is 0 Å². The topological polar surface area (TPSA) is 55.4 Å². The van der Waals surface area contributed by atoms with Gasteiger partial charge in [0, 0.05) is 11.3 Å². The number of carbonyl (C=O) groups is 2. The zero-order valence-electron chi connectivity index (χ0n) is 13.5. The van der Waals surface area contributed by atoms with Gasteiger partial charge in [0.2, 0.25) is 0 Å². The van der Waals surface area contributed by atoms with Crippen LogP contribution in [0.1, 0.15) is 46.9 Å². The summed E-state index contributed by atoms with van der Waals surface area (Å²) >= 11 is 0. The van der Waals surface area contributed by atoms with Crippen LogP contribution in [-0.4, -0.2) is 18.5 Å². The molecule has 1 amide bonds. The van der Waals surface area contributed by atoms with E-state index in [-0.39, 0.29) is 11.5 Å². The molecule has 1 N–H and O–H groups in total. The molecule has 2 rings (SSSR count). The quantitative estimate of drug-likeness (QED) is 0.604. The molecule has 2 aromatic rings. The number of amides is 1. The minimum Gasteiger partial charge on any atom is -0.462 e. The van der Waals surface area contributed by atoms with Crippen molar-refractivity contribution in [3.8, 4) is 0 Å². The van der Waals surface area contributed by atoms with Gasteiger partial charge in [-0.2, -0.15) is 0 Å². The molecular formula is C19H20FNO3. The zero-order valence-corrected chi connectivity index (χ0v) is 13.5. The predicted molar refractivity (Wildman–Crippen MR) is 90.6 cm³/mol. The van der Waals surface area contributed by atoms with E-state index in [1.165, 1.54) is 18.2 Å². The standard InChI is InChI=1S/C19H20FNO3/c1-2-3-4-12-24-19(23)14-8-10-17(11-9-14)21-18(22)15-6-5-7-16(20)13-15/h5-11,13H,2-4,12H2,1H3,(H,21,22). The Morgan fingerprint density at radius 3 is 2.46 bits per heavy atom. The van der Waals surface area contributed by atoms with E-state index in [2.05, 4.69) is 12.2 Å². The average molecular weight is 329 g/mol. The fraction of sp³-hybridized carbons (Fsp3) is 0.263. The lowest BCUT2D eigenvalue weighted by Gasteiger charge is -2.07. The maximum absolute atomic E-state index is 13.1. The van der Waals surface area contributed by atoms with Gasteiger partial charge in [0.15, 0.2) is 0 Å². The Morgan fingerprint density at radius 2 is 1.79 bits per heavy atom. The van der Waals surface area contributed by atoms with Crippen LogP contribution in [0, 0.1) is 5.82 Å². The molecule has 24 heavy (non-hydrogen) atoms. The summed E-state index contributed by atoms with van der Waals surface area (Å²) < 4.78 is 18.3. The molecule has 0 heterocycles. The second-order valence-electron chi connectivity index (χ2n) is 5.38. The third-order valence-corrected chi connectivity index (χ3v) is 3.45. The largest absolute Gasteiger partial charge is 0.462 e. The molecule has 5 heteroatoms. The Labute approximate surface area is 140 Å². The highest BCUT2D eigenvalue weighted by Gasteiger charge is 2.09. The summed E-state index contributed by atoms with van der Waals surface area (Å²) in [6.45, 7) is 2.49. The Bertz CT molecular complexity index is 698. The SMILES string of the molecule is CCCCCOC(=O)c1ccc(NC(=O)c2cccc(F)c2)cc1. The van der Waals surface area contributed by atoms with Crippen LogP contribution in [0.25, 0.3) is 0 Å². The fourth-order valence-corrected chi connectivity index (χ4v) is 2.12. The van der Waals surface area contributed by atoms with E-state index in [1.807, 2.05) is 0 Å². The van der Waals surface area contributed by atoms with Crippen molar-refractivity contribution in [3.05, 3.63) is 65.5 Å². The van der Waals surface area contributed by atoms with E-state index in [0.717, 1.165) is 25.3 Å². The normalized spacial score (nSPS) is 10.2. The molecule has 0 spiro atoms. The summed E-state index contributed by atoms with van der Waals surface area (Å²) in [6.07, 6.45) is 2.94. The second kappa shape index (κ2) is 8.82. The molecule has 126 valence electrons. The van der Waals surface area contributed by atoms with Gasteiger partial charge in [0.1, 0.15) is 5.82 Å². The molecule has 0 aromatic heterocycles. The van der Waals surface area contributed by atoms with E-state index in [4.69, 9.17) is 4.74 Å². The van der Waals surface area contributed by atoms with Crippen molar-refractivity contribution in [1.29, 1.82) is 0 Å². The summed E-state index contributed by atoms with van der Waals surface area (Å²) in [5, 5.41) is 2.65. The minimum atomic E-state index is -0.469. The summed E-state index contributed by atoms with van der Waals surface area (Å²) in [5.41, 5.74) is 1.18. The van der Waals surface area contributed by atoms with E-state index in [0.29, 0.717) is 17.9 Å². The van der Waals surface area contributed by atoms with Crippen LogP contribution in [0.3, 0.4) is 0 Å². The molecule has 0 fully saturated rings. The number of nitrogens with one attached hydrogen (secondary N) is 1. The van der Waals surface area contributed by atoms with Gasteiger partial charge in [0.25, 0.3) is 5.91 Å². The lowest BCUT2D eigenvalue weighted by Crippen LogP contribution is -2.12. The third-order valence-electron chi connectivity index (χ3n) is 3.45. The molecule has 0 saturated heterocycles.